The number of esters is 1. The highest BCUT2D eigenvalue weighted by Gasteiger charge is 2.18. The summed E-state index contributed by atoms with van der Waals surface area (Å²) in [6.45, 7) is 5.97. The van der Waals surface area contributed by atoms with Gasteiger partial charge in [0.25, 0.3) is 0 Å². The summed E-state index contributed by atoms with van der Waals surface area (Å²) in [7, 11) is 0. The Balaban J connectivity index is 2.71. The average molecular weight is 276 g/mol. The zero-order valence-corrected chi connectivity index (χ0v) is 11.6. The molecule has 0 unspecified atom stereocenters. The average Bonchev–Trinajstić information content (AvgIpc) is 2.45. The number of urea groups is 1. The summed E-state index contributed by atoms with van der Waals surface area (Å²) in [6.07, 6.45) is 1.68. The Morgan fingerprint density at radius 2 is 2.05 bits per heavy atom. The van der Waals surface area contributed by atoms with Crippen LogP contribution in [0.3, 0.4) is 0 Å². The molecule has 0 bridgehead atoms. The fourth-order valence-corrected chi connectivity index (χ4v) is 1.70. The Morgan fingerprint density at radius 1 is 1.35 bits per heavy atom. The van der Waals surface area contributed by atoms with E-state index in [1.54, 1.807) is 13.0 Å². The Kier molecular flexibility index (Phi) is 6.89. The number of hydrogen-bond acceptors (Lipinski definition) is 3. The summed E-state index contributed by atoms with van der Waals surface area (Å²) in [5.41, 5.74) is 0.856. The minimum absolute atomic E-state index is 0.0966. The van der Waals surface area contributed by atoms with Crippen molar-refractivity contribution >= 4 is 12.0 Å². The Bertz CT molecular complexity index is 446. The molecule has 0 saturated carbocycles. The van der Waals surface area contributed by atoms with E-state index in [0.717, 1.165) is 5.56 Å². The molecular formula is C15H20N2O3. The minimum atomic E-state index is -0.417. The number of carbonyl (C=O) groups excluding carboxylic acids is 2. The van der Waals surface area contributed by atoms with E-state index in [1.165, 1.54) is 0 Å². The van der Waals surface area contributed by atoms with Crippen molar-refractivity contribution in [3.8, 4) is 0 Å². The van der Waals surface area contributed by atoms with Crippen LogP contribution in [0.25, 0.3) is 0 Å². The Labute approximate surface area is 119 Å². The van der Waals surface area contributed by atoms with E-state index in [4.69, 9.17) is 4.74 Å². The second kappa shape index (κ2) is 8.74. The predicted molar refractivity (Wildman–Crippen MR) is 77.2 cm³/mol. The van der Waals surface area contributed by atoms with Crippen LogP contribution in [0.4, 0.5) is 4.79 Å². The van der Waals surface area contributed by atoms with Crippen LogP contribution >= 0.6 is 0 Å². The number of hydrogen-bond donors (Lipinski definition) is 2. The molecule has 0 heterocycles. The number of nitrogens with one attached hydrogen (secondary N) is 2. The monoisotopic (exact) mass is 276 g/mol. The highest BCUT2D eigenvalue weighted by molar-refractivity contribution is 5.76. The van der Waals surface area contributed by atoms with Crippen molar-refractivity contribution in [2.75, 3.05) is 13.2 Å². The van der Waals surface area contributed by atoms with Crippen LogP contribution in [-0.2, 0) is 9.53 Å². The van der Waals surface area contributed by atoms with Crippen molar-refractivity contribution in [1.29, 1.82) is 0 Å². The highest BCUT2D eigenvalue weighted by atomic mass is 16.5. The zero-order chi connectivity index (χ0) is 14.8. The molecule has 2 amide bonds. The fourth-order valence-electron chi connectivity index (χ4n) is 1.70. The molecule has 0 aliphatic rings. The quantitative estimate of drug-likeness (QED) is 0.592. The van der Waals surface area contributed by atoms with Crippen LogP contribution < -0.4 is 10.6 Å². The van der Waals surface area contributed by atoms with E-state index < -0.39 is 6.04 Å². The maximum Gasteiger partial charge on any atom is 0.315 e. The lowest BCUT2D eigenvalue weighted by molar-refractivity contribution is -0.143. The van der Waals surface area contributed by atoms with Crippen molar-refractivity contribution in [3.63, 3.8) is 0 Å². The normalized spacial score (nSPS) is 11.2. The first-order valence-electron chi connectivity index (χ1n) is 6.53. The molecule has 5 heteroatoms. The number of amides is 2. The third kappa shape index (κ3) is 5.56. The third-order valence-corrected chi connectivity index (χ3v) is 2.59. The van der Waals surface area contributed by atoms with Gasteiger partial charge in [-0.1, -0.05) is 36.4 Å². The van der Waals surface area contributed by atoms with Crippen LogP contribution in [0, 0.1) is 0 Å². The summed E-state index contributed by atoms with van der Waals surface area (Å²) in [6, 6.07) is 8.55. The lowest BCUT2D eigenvalue weighted by Crippen LogP contribution is -2.38. The van der Waals surface area contributed by atoms with Crippen LogP contribution in [0.2, 0.25) is 0 Å². The molecule has 20 heavy (non-hydrogen) atoms. The summed E-state index contributed by atoms with van der Waals surface area (Å²) >= 11 is 0. The Morgan fingerprint density at radius 3 is 2.65 bits per heavy atom. The van der Waals surface area contributed by atoms with Gasteiger partial charge >= 0.3 is 12.0 Å². The van der Waals surface area contributed by atoms with Gasteiger partial charge in [-0.25, -0.2) is 4.79 Å². The maximum atomic E-state index is 11.7. The molecule has 1 atom stereocenters. The van der Waals surface area contributed by atoms with E-state index in [2.05, 4.69) is 17.2 Å². The van der Waals surface area contributed by atoms with Gasteiger partial charge in [-0.2, -0.15) is 0 Å². The molecule has 0 spiro atoms. The number of benzene rings is 1. The standard InChI is InChI=1S/C15H20N2O3/c1-3-10-16-15(19)17-13(11-14(18)20-4-2)12-8-6-5-7-9-12/h3,5-9,13H,1,4,10-11H2,2H3,(H2,16,17,19)/t13-/m0/s1. The van der Waals surface area contributed by atoms with Gasteiger partial charge in [0.15, 0.2) is 0 Å². The molecule has 0 saturated heterocycles. The van der Waals surface area contributed by atoms with E-state index >= 15 is 0 Å². The van der Waals surface area contributed by atoms with Gasteiger partial charge in [0.2, 0.25) is 0 Å². The molecule has 1 aromatic carbocycles. The van der Waals surface area contributed by atoms with E-state index in [0.29, 0.717) is 13.2 Å². The molecule has 108 valence electrons. The van der Waals surface area contributed by atoms with Crippen molar-refractivity contribution < 1.29 is 14.3 Å². The molecule has 5 nitrogen and oxygen atoms in total. The SMILES string of the molecule is C=CCNC(=O)N[C@@H](CC(=O)OCC)c1ccccc1. The minimum Gasteiger partial charge on any atom is -0.466 e. The largest absolute Gasteiger partial charge is 0.466 e. The zero-order valence-electron chi connectivity index (χ0n) is 11.6. The first-order chi connectivity index (χ1) is 9.67. The third-order valence-electron chi connectivity index (χ3n) is 2.59. The van der Waals surface area contributed by atoms with Gasteiger partial charge in [-0.3, -0.25) is 4.79 Å². The van der Waals surface area contributed by atoms with E-state index in [-0.39, 0.29) is 18.4 Å². The van der Waals surface area contributed by atoms with E-state index in [1.807, 2.05) is 30.3 Å². The summed E-state index contributed by atoms with van der Waals surface area (Å²) in [5, 5.41) is 5.38. The van der Waals surface area contributed by atoms with Crippen LogP contribution in [-0.4, -0.2) is 25.2 Å². The molecule has 0 aromatic heterocycles. The molecular weight excluding hydrogens is 256 g/mol. The second-order valence-electron chi connectivity index (χ2n) is 4.12. The summed E-state index contributed by atoms with van der Waals surface area (Å²) < 4.78 is 4.93. The van der Waals surface area contributed by atoms with Gasteiger partial charge in [0.1, 0.15) is 0 Å². The maximum absolute atomic E-state index is 11.7. The van der Waals surface area contributed by atoms with Crippen LogP contribution in [0.1, 0.15) is 24.9 Å². The topological polar surface area (TPSA) is 67.4 Å². The first kappa shape index (κ1) is 15.8. The van der Waals surface area contributed by atoms with Crippen molar-refractivity contribution in [1.82, 2.24) is 10.6 Å². The van der Waals surface area contributed by atoms with Crippen molar-refractivity contribution in [3.05, 3.63) is 48.6 Å². The summed E-state index contributed by atoms with van der Waals surface area (Å²) in [5.74, 6) is -0.342. The van der Waals surface area contributed by atoms with Gasteiger partial charge in [0, 0.05) is 6.54 Å². The smallest absolute Gasteiger partial charge is 0.315 e. The van der Waals surface area contributed by atoms with Crippen molar-refractivity contribution in [2.24, 2.45) is 0 Å². The second-order valence-corrected chi connectivity index (χ2v) is 4.12. The molecule has 0 aliphatic carbocycles. The number of rotatable bonds is 7. The lowest BCUT2D eigenvalue weighted by atomic mass is 10.0. The van der Waals surface area contributed by atoms with Crippen LogP contribution in [0.5, 0.6) is 0 Å². The van der Waals surface area contributed by atoms with Gasteiger partial charge in [-0.15, -0.1) is 6.58 Å². The molecule has 1 rings (SSSR count). The fraction of sp³-hybridized carbons (Fsp3) is 0.333. The molecule has 0 fully saturated rings. The first-order valence-corrected chi connectivity index (χ1v) is 6.53. The summed E-state index contributed by atoms with van der Waals surface area (Å²) in [4.78, 5) is 23.3. The van der Waals surface area contributed by atoms with E-state index in [9.17, 15) is 9.59 Å². The lowest BCUT2D eigenvalue weighted by Gasteiger charge is -2.18. The molecule has 0 radical (unpaired) electrons. The predicted octanol–water partition coefficient (Wildman–Crippen LogP) is 2.17. The van der Waals surface area contributed by atoms with Crippen molar-refractivity contribution in [2.45, 2.75) is 19.4 Å². The van der Waals surface area contributed by atoms with Gasteiger partial charge < -0.3 is 15.4 Å². The number of carbonyl (C=O) groups is 2. The van der Waals surface area contributed by atoms with Crippen LogP contribution in [0.15, 0.2) is 43.0 Å². The van der Waals surface area contributed by atoms with Gasteiger partial charge in [0.05, 0.1) is 19.1 Å². The van der Waals surface area contributed by atoms with Gasteiger partial charge in [-0.05, 0) is 12.5 Å². The molecule has 1 aromatic rings. The Hall–Kier alpha value is -2.30. The highest BCUT2D eigenvalue weighted by Crippen LogP contribution is 2.17. The number of ether oxygens (including phenoxy) is 1. The molecule has 0 aliphatic heterocycles. The molecule has 2 N–H and O–H groups in total.